The van der Waals surface area contributed by atoms with E-state index < -0.39 is 5.60 Å². The largest absolute Gasteiger partial charge is 0.444 e. The first-order valence-electron chi connectivity index (χ1n) is 6.31. The van der Waals surface area contributed by atoms with Crippen LogP contribution in [0.5, 0.6) is 0 Å². The predicted molar refractivity (Wildman–Crippen MR) is 73.0 cm³/mol. The molecule has 1 amide bonds. The molecule has 0 rings (SSSR count). The van der Waals surface area contributed by atoms with Gasteiger partial charge < -0.3 is 15.8 Å². The molecule has 0 saturated carbocycles. The van der Waals surface area contributed by atoms with Gasteiger partial charge in [-0.15, -0.1) is 0 Å². The maximum atomic E-state index is 11.5. The maximum Gasteiger partial charge on any atom is 0.407 e. The molecular weight excluding hydrogens is 216 g/mol. The normalized spacial score (nSPS) is 12.5. The monoisotopic (exact) mass is 246 g/mol. The second-order valence-corrected chi connectivity index (χ2v) is 5.38. The number of rotatable bonds is 4. The van der Waals surface area contributed by atoms with Crippen LogP contribution in [0.25, 0.3) is 0 Å². The molecule has 0 radical (unpaired) electrons. The van der Waals surface area contributed by atoms with E-state index in [1.165, 1.54) is 7.05 Å². The van der Waals surface area contributed by atoms with E-state index >= 15 is 0 Å². The van der Waals surface area contributed by atoms with Crippen LogP contribution in [0.1, 0.15) is 54.4 Å². The van der Waals surface area contributed by atoms with E-state index in [0.29, 0.717) is 5.92 Å². The third-order valence-corrected chi connectivity index (χ3v) is 1.97. The third-order valence-electron chi connectivity index (χ3n) is 1.97. The predicted octanol–water partition coefficient (Wildman–Crippen LogP) is 2.91. The lowest BCUT2D eigenvalue weighted by molar-refractivity contribution is 0.0497. The van der Waals surface area contributed by atoms with Crippen molar-refractivity contribution in [1.82, 2.24) is 5.32 Å². The first-order valence-corrected chi connectivity index (χ1v) is 6.31. The van der Waals surface area contributed by atoms with Crippen LogP contribution in [0, 0.1) is 5.92 Å². The molecule has 0 aliphatic rings. The number of hydrogen-bond acceptors (Lipinski definition) is 3. The summed E-state index contributed by atoms with van der Waals surface area (Å²) in [6.45, 7) is 12.0. The zero-order valence-corrected chi connectivity index (χ0v) is 12.5. The van der Waals surface area contributed by atoms with Crippen molar-refractivity contribution in [2.75, 3.05) is 7.05 Å². The number of nitrogens with one attached hydrogen (secondary N) is 1. The average Bonchev–Trinajstić information content (AvgIpc) is 2.16. The van der Waals surface area contributed by atoms with Crippen LogP contribution in [0.2, 0.25) is 0 Å². The fourth-order valence-corrected chi connectivity index (χ4v) is 1.37. The lowest BCUT2D eigenvalue weighted by Gasteiger charge is -2.23. The minimum atomic E-state index is -0.416. The Balaban J connectivity index is 0. The van der Waals surface area contributed by atoms with Crippen molar-refractivity contribution in [3.63, 3.8) is 0 Å². The van der Waals surface area contributed by atoms with E-state index in [0.717, 1.165) is 12.8 Å². The molecule has 0 fully saturated rings. The fourth-order valence-electron chi connectivity index (χ4n) is 1.37. The Labute approximate surface area is 106 Å². The summed E-state index contributed by atoms with van der Waals surface area (Å²) in [5.41, 5.74) is 4.08. The van der Waals surface area contributed by atoms with E-state index in [2.05, 4.69) is 31.8 Å². The van der Waals surface area contributed by atoms with Crippen molar-refractivity contribution in [2.45, 2.75) is 66.0 Å². The first-order chi connectivity index (χ1) is 7.74. The molecule has 1 unspecified atom stereocenters. The Kier molecular flexibility index (Phi) is 10.1. The maximum absolute atomic E-state index is 11.5. The molecule has 0 bridgehead atoms. The quantitative estimate of drug-likeness (QED) is 0.801. The molecule has 0 spiro atoms. The molecule has 0 heterocycles. The van der Waals surface area contributed by atoms with Crippen LogP contribution in [-0.4, -0.2) is 24.8 Å². The molecule has 0 saturated heterocycles. The van der Waals surface area contributed by atoms with Crippen LogP contribution >= 0.6 is 0 Å². The van der Waals surface area contributed by atoms with Crippen molar-refractivity contribution in [3.05, 3.63) is 0 Å². The van der Waals surface area contributed by atoms with Gasteiger partial charge >= 0.3 is 6.09 Å². The van der Waals surface area contributed by atoms with Gasteiger partial charge in [-0.1, -0.05) is 20.8 Å². The Hall–Kier alpha value is -0.770. The molecule has 4 heteroatoms. The standard InChI is InChI=1S/C12H25NO2.CH5N/c1-7-10(8-9(2)3)13-11(14)15-12(4,5)6;1-2/h9-10H,7-8H2,1-6H3,(H,13,14);2H2,1H3. The van der Waals surface area contributed by atoms with Crippen LogP contribution in [0.4, 0.5) is 4.79 Å². The minimum Gasteiger partial charge on any atom is -0.444 e. The first kappa shape index (κ1) is 18.6. The van der Waals surface area contributed by atoms with Gasteiger partial charge in [-0.2, -0.15) is 0 Å². The number of nitrogens with two attached hydrogens (primary N) is 1. The molecule has 0 aromatic heterocycles. The van der Waals surface area contributed by atoms with Crippen molar-refractivity contribution in [3.8, 4) is 0 Å². The average molecular weight is 246 g/mol. The van der Waals surface area contributed by atoms with Crippen molar-refractivity contribution in [2.24, 2.45) is 11.7 Å². The Morgan fingerprint density at radius 3 is 2.06 bits per heavy atom. The van der Waals surface area contributed by atoms with Crippen LogP contribution < -0.4 is 11.1 Å². The Morgan fingerprint density at radius 1 is 1.29 bits per heavy atom. The summed E-state index contributed by atoms with van der Waals surface area (Å²) >= 11 is 0. The molecule has 0 aromatic carbocycles. The van der Waals surface area contributed by atoms with Crippen LogP contribution in [0.3, 0.4) is 0 Å². The topological polar surface area (TPSA) is 64.3 Å². The highest BCUT2D eigenvalue weighted by molar-refractivity contribution is 5.68. The van der Waals surface area contributed by atoms with Gasteiger partial charge in [0.2, 0.25) is 0 Å². The van der Waals surface area contributed by atoms with Gasteiger partial charge in [-0.3, -0.25) is 0 Å². The molecular formula is C13H30N2O2. The molecule has 4 nitrogen and oxygen atoms in total. The number of amides is 1. The molecule has 0 aliphatic heterocycles. The fraction of sp³-hybridized carbons (Fsp3) is 0.923. The zero-order valence-electron chi connectivity index (χ0n) is 12.5. The molecule has 1 atom stereocenters. The van der Waals surface area contributed by atoms with E-state index in [4.69, 9.17) is 4.74 Å². The minimum absolute atomic E-state index is 0.222. The molecule has 104 valence electrons. The summed E-state index contributed by atoms with van der Waals surface area (Å²) in [4.78, 5) is 11.5. The summed E-state index contributed by atoms with van der Waals surface area (Å²) in [5, 5.41) is 2.89. The molecule has 3 N–H and O–H groups in total. The third kappa shape index (κ3) is 13.2. The van der Waals surface area contributed by atoms with Gasteiger partial charge in [0.15, 0.2) is 0 Å². The summed E-state index contributed by atoms with van der Waals surface area (Å²) in [5.74, 6) is 0.588. The molecule has 17 heavy (non-hydrogen) atoms. The van der Waals surface area contributed by atoms with Gasteiger partial charge in [-0.25, -0.2) is 4.79 Å². The van der Waals surface area contributed by atoms with E-state index in [1.54, 1.807) is 0 Å². The lowest BCUT2D eigenvalue weighted by atomic mass is 10.0. The summed E-state index contributed by atoms with van der Waals surface area (Å²) in [6, 6.07) is 0.222. The van der Waals surface area contributed by atoms with E-state index in [-0.39, 0.29) is 12.1 Å². The highest BCUT2D eigenvalue weighted by Crippen LogP contribution is 2.10. The smallest absolute Gasteiger partial charge is 0.407 e. The summed E-state index contributed by atoms with van der Waals surface area (Å²) < 4.78 is 5.20. The second-order valence-electron chi connectivity index (χ2n) is 5.38. The van der Waals surface area contributed by atoms with Crippen molar-refractivity contribution >= 4 is 6.09 Å². The number of alkyl carbamates (subject to hydrolysis) is 1. The van der Waals surface area contributed by atoms with Crippen LogP contribution in [-0.2, 0) is 4.74 Å². The van der Waals surface area contributed by atoms with E-state index in [9.17, 15) is 4.79 Å². The molecule has 0 aliphatic carbocycles. The number of carbonyl (C=O) groups excluding carboxylic acids is 1. The van der Waals surface area contributed by atoms with Gasteiger partial charge in [0, 0.05) is 6.04 Å². The van der Waals surface area contributed by atoms with Gasteiger partial charge in [0.25, 0.3) is 0 Å². The van der Waals surface area contributed by atoms with Gasteiger partial charge in [0.05, 0.1) is 0 Å². The number of carbonyl (C=O) groups is 1. The summed E-state index contributed by atoms with van der Waals surface area (Å²) in [7, 11) is 1.50. The zero-order chi connectivity index (χ0) is 14.1. The van der Waals surface area contributed by atoms with Crippen molar-refractivity contribution < 1.29 is 9.53 Å². The Morgan fingerprint density at radius 2 is 1.76 bits per heavy atom. The van der Waals surface area contributed by atoms with E-state index in [1.807, 2.05) is 20.8 Å². The molecule has 0 aromatic rings. The Bertz CT molecular complexity index is 198. The summed E-state index contributed by atoms with van der Waals surface area (Å²) in [6.07, 6.45) is 1.63. The van der Waals surface area contributed by atoms with Crippen molar-refractivity contribution in [1.29, 1.82) is 0 Å². The second kappa shape index (κ2) is 9.28. The highest BCUT2D eigenvalue weighted by atomic mass is 16.6. The number of ether oxygens (including phenoxy) is 1. The lowest BCUT2D eigenvalue weighted by Crippen LogP contribution is -2.39. The van der Waals surface area contributed by atoms with Gasteiger partial charge in [0.1, 0.15) is 5.60 Å². The number of hydrogen-bond donors (Lipinski definition) is 2. The SMILES string of the molecule is CCC(CC(C)C)NC(=O)OC(C)(C)C.CN. The van der Waals surface area contributed by atoms with Gasteiger partial charge in [-0.05, 0) is 46.6 Å². The van der Waals surface area contributed by atoms with Crippen LogP contribution in [0.15, 0.2) is 0 Å². The highest BCUT2D eigenvalue weighted by Gasteiger charge is 2.18.